The molecule has 4 amide bonds. The number of urea groups is 1. The van der Waals surface area contributed by atoms with E-state index < -0.39 is 30.2 Å². The zero-order valence-corrected chi connectivity index (χ0v) is 20.7. The van der Waals surface area contributed by atoms with Crippen LogP contribution >= 0.6 is 15.9 Å². The molecular weight excluding hydrogens is 533 g/mol. The molecule has 0 bridgehead atoms. The van der Waals surface area contributed by atoms with Gasteiger partial charge >= 0.3 is 6.03 Å². The summed E-state index contributed by atoms with van der Waals surface area (Å²) in [6, 6.07) is 17.6. The van der Waals surface area contributed by atoms with Crippen LogP contribution in [0.4, 0.5) is 14.9 Å². The third kappa shape index (κ3) is 5.89. The number of benzene rings is 3. The number of imide groups is 1. The summed E-state index contributed by atoms with van der Waals surface area (Å²) in [5.74, 6) is -1.06. The Morgan fingerprint density at radius 2 is 1.83 bits per heavy atom. The van der Waals surface area contributed by atoms with Crippen molar-refractivity contribution in [2.24, 2.45) is 0 Å². The lowest BCUT2D eigenvalue weighted by Gasteiger charge is -2.12. The third-order valence-corrected chi connectivity index (χ3v) is 5.75. The maximum Gasteiger partial charge on any atom is 0.329 e. The Morgan fingerprint density at radius 3 is 2.56 bits per heavy atom. The Hall–Kier alpha value is -4.18. The van der Waals surface area contributed by atoms with E-state index in [1.54, 1.807) is 24.3 Å². The minimum Gasteiger partial charge on any atom is -0.493 e. The van der Waals surface area contributed by atoms with Gasteiger partial charge in [0.15, 0.2) is 11.5 Å². The summed E-state index contributed by atoms with van der Waals surface area (Å²) >= 11 is 3.39. The first-order chi connectivity index (χ1) is 17.3. The summed E-state index contributed by atoms with van der Waals surface area (Å²) in [5, 5.41) is 4.81. The van der Waals surface area contributed by atoms with Crippen molar-refractivity contribution < 1.29 is 28.2 Å². The lowest BCUT2D eigenvalue weighted by atomic mass is 10.1. The Labute approximate surface area is 214 Å². The van der Waals surface area contributed by atoms with Gasteiger partial charge in [-0.2, -0.15) is 0 Å². The standard InChI is InChI=1S/C26H21BrFN3O5/c1-35-23-13-17(8-11-22(23)36-15-16-6-9-18(27)10-7-16)12-21-25(33)31(26(34)30-21)14-24(32)29-20-5-3-2-4-19(20)28/h2-13H,14-15H2,1H3,(H,29,32)(H,30,34)/b21-12+. The van der Waals surface area contributed by atoms with Crippen LogP contribution in [0.3, 0.4) is 0 Å². The van der Waals surface area contributed by atoms with E-state index in [4.69, 9.17) is 9.47 Å². The van der Waals surface area contributed by atoms with Crippen LogP contribution < -0.4 is 20.1 Å². The summed E-state index contributed by atoms with van der Waals surface area (Å²) in [5.41, 5.74) is 1.50. The van der Waals surface area contributed by atoms with Crippen LogP contribution in [-0.2, 0) is 16.2 Å². The number of ether oxygens (including phenoxy) is 2. The van der Waals surface area contributed by atoms with Crippen molar-refractivity contribution in [3.8, 4) is 11.5 Å². The number of anilines is 1. The number of hydrogen-bond acceptors (Lipinski definition) is 5. The molecule has 0 aromatic heterocycles. The van der Waals surface area contributed by atoms with E-state index >= 15 is 0 Å². The van der Waals surface area contributed by atoms with Crippen LogP contribution in [0.25, 0.3) is 6.08 Å². The van der Waals surface area contributed by atoms with Crippen LogP contribution in [0.1, 0.15) is 11.1 Å². The Kier molecular flexibility index (Phi) is 7.65. The maximum atomic E-state index is 13.8. The normalized spacial score (nSPS) is 14.1. The number of amides is 4. The molecule has 0 unspecified atom stereocenters. The van der Waals surface area contributed by atoms with E-state index in [9.17, 15) is 18.8 Å². The highest BCUT2D eigenvalue weighted by molar-refractivity contribution is 9.10. The van der Waals surface area contributed by atoms with Crippen LogP contribution in [0.2, 0.25) is 0 Å². The molecule has 0 aliphatic carbocycles. The Balaban J connectivity index is 1.43. The second-order valence-corrected chi connectivity index (χ2v) is 8.65. The average molecular weight is 554 g/mol. The lowest BCUT2D eigenvalue weighted by Crippen LogP contribution is -2.38. The molecule has 1 heterocycles. The predicted octanol–water partition coefficient (Wildman–Crippen LogP) is 4.71. The van der Waals surface area contributed by atoms with Crippen molar-refractivity contribution in [1.29, 1.82) is 0 Å². The van der Waals surface area contributed by atoms with Gasteiger partial charge in [-0.15, -0.1) is 0 Å². The molecule has 10 heteroatoms. The topological polar surface area (TPSA) is 97.0 Å². The number of rotatable bonds is 8. The first-order valence-electron chi connectivity index (χ1n) is 10.8. The van der Waals surface area contributed by atoms with Gasteiger partial charge in [0.25, 0.3) is 5.91 Å². The van der Waals surface area contributed by atoms with Gasteiger partial charge in [0.05, 0.1) is 12.8 Å². The zero-order valence-electron chi connectivity index (χ0n) is 19.1. The van der Waals surface area contributed by atoms with Gasteiger partial charge in [-0.3, -0.25) is 9.59 Å². The number of nitrogens with zero attached hydrogens (tertiary/aromatic N) is 1. The van der Waals surface area contributed by atoms with E-state index in [-0.39, 0.29) is 11.4 Å². The molecule has 1 aliphatic heterocycles. The highest BCUT2D eigenvalue weighted by atomic mass is 79.9. The van der Waals surface area contributed by atoms with Gasteiger partial charge in [0.2, 0.25) is 5.91 Å². The second-order valence-electron chi connectivity index (χ2n) is 7.73. The number of hydrogen-bond donors (Lipinski definition) is 2. The van der Waals surface area contributed by atoms with Crippen molar-refractivity contribution in [2.75, 3.05) is 19.0 Å². The van der Waals surface area contributed by atoms with E-state index in [1.807, 2.05) is 24.3 Å². The Bertz CT molecular complexity index is 1340. The maximum absolute atomic E-state index is 13.8. The first-order valence-corrected chi connectivity index (χ1v) is 11.6. The van der Waals surface area contributed by atoms with Crippen molar-refractivity contribution in [3.05, 3.63) is 93.8 Å². The number of carbonyl (C=O) groups is 3. The minimum absolute atomic E-state index is 0.00993. The molecule has 1 fully saturated rings. The van der Waals surface area contributed by atoms with Crippen LogP contribution in [0, 0.1) is 5.82 Å². The quantitative estimate of drug-likeness (QED) is 0.311. The van der Waals surface area contributed by atoms with Gasteiger partial charge in [-0.25, -0.2) is 14.1 Å². The SMILES string of the molecule is COc1cc(/C=C2/NC(=O)N(CC(=O)Nc3ccccc3F)C2=O)ccc1OCc1ccc(Br)cc1. The highest BCUT2D eigenvalue weighted by Crippen LogP contribution is 2.30. The number of carbonyl (C=O) groups excluding carboxylic acids is 3. The molecule has 0 spiro atoms. The first kappa shape index (κ1) is 24.9. The van der Waals surface area contributed by atoms with Crippen molar-refractivity contribution in [2.45, 2.75) is 6.61 Å². The van der Waals surface area contributed by atoms with Gasteiger partial charge < -0.3 is 20.1 Å². The summed E-state index contributed by atoms with van der Waals surface area (Å²) in [7, 11) is 1.50. The Morgan fingerprint density at radius 1 is 1.08 bits per heavy atom. The molecular formula is C26H21BrFN3O5. The average Bonchev–Trinajstić information content (AvgIpc) is 3.12. The highest BCUT2D eigenvalue weighted by Gasteiger charge is 2.35. The molecule has 3 aromatic carbocycles. The van der Waals surface area contributed by atoms with Gasteiger partial charge in [-0.1, -0.05) is 46.3 Å². The minimum atomic E-state index is -0.753. The number of halogens is 2. The lowest BCUT2D eigenvalue weighted by molar-refractivity contribution is -0.127. The van der Waals surface area contributed by atoms with Gasteiger partial charge in [0.1, 0.15) is 24.7 Å². The number of para-hydroxylation sites is 1. The molecule has 184 valence electrons. The molecule has 1 saturated heterocycles. The molecule has 1 aliphatic rings. The third-order valence-electron chi connectivity index (χ3n) is 5.22. The number of methoxy groups -OCH3 is 1. The van der Waals surface area contributed by atoms with Gasteiger partial charge in [-0.05, 0) is 53.6 Å². The largest absolute Gasteiger partial charge is 0.493 e. The van der Waals surface area contributed by atoms with E-state index in [1.165, 1.54) is 31.4 Å². The fourth-order valence-corrected chi connectivity index (χ4v) is 3.68. The van der Waals surface area contributed by atoms with E-state index in [0.717, 1.165) is 14.9 Å². The van der Waals surface area contributed by atoms with Crippen molar-refractivity contribution in [1.82, 2.24) is 10.2 Å². The molecule has 2 N–H and O–H groups in total. The second kappa shape index (κ2) is 11.0. The summed E-state index contributed by atoms with van der Waals surface area (Å²) < 4.78 is 26.0. The number of nitrogens with one attached hydrogen (secondary N) is 2. The fourth-order valence-electron chi connectivity index (χ4n) is 3.41. The molecule has 3 aromatic rings. The monoisotopic (exact) mass is 553 g/mol. The van der Waals surface area contributed by atoms with Crippen molar-refractivity contribution in [3.63, 3.8) is 0 Å². The zero-order chi connectivity index (χ0) is 25.7. The molecule has 4 rings (SSSR count). The predicted molar refractivity (Wildman–Crippen MR) is 135 cm³/mol. The van der Waals surface area contributed by atoms with Crippen LogP contribution in [0.15, 0.2) is 76.9 Å². The van der Waals surface area contributed by atoms with Crippen LogP contribution in [0.5, 0.6) is 11.5 Å². The molecule has 0 atom stereocenters. The van der Waals surface area contributed by atoms with Crippen LogP contribution in [-0.4, -0.2) is 36.4 Å². The molecule has 8 nitrogen and oxygen atoms in total. The summed E-state index contributed by atoms with van der Waals surface area (Å²) in [6.45, 7) is -0.231. The van der Waals surface area contributed by atoms with E-state index in [2.05, 4.69) is 26.6 Å². The molecule has 0 radical (unpaired) electrons. The smallest absolute Gasteiger partial charge is 0.329 e. The summed E-state index contributed by atoms with van der Waals surface area (Å²) in [6.07, 6.45) is 1.47. The van der Waals surface area contributed by atoms with Crippen molar-refractivity contribution >= 4 is 45.5 Å². The molecule has 0 saturated carbocycles. The summed E-state index contributed by atoms with van der Waals surface area (Å²) in [4.78, 5) is 38.1. The van der Waals surface area contributed by atoms with Gasteiger partial charge in [0, 0.05) is 4.47 Å². The van der Waals surface area contributed by atoms with E-state index in [0.29, 0.717) is 23.7 Å². The molecule has 36 heavy (non-hydrogen) atoms. The fraction of sp³-hybridized carbons (Fsp3) is 0.115.